The van der Waals surface area contributed by atoms with Gasteiger partial charge in [0.1, 0.15) is 5.75 Å². The lowest BCUT2D eigenvalue weighted by atomic mass is 10.1. The van der Waals surface area contributed by atoms with Crippen LogP contribution in [0, 0.1) is 0 Å². The fraction of sp³-hybridized carbons (Fsp3) is 0.250. The molecule has 0 saturated carbocycles. The van der Waals surface area contributed by atoms with E-state index in [2.05, 4.69) is 20.7 Å². The Kier molecular flexibility index (Phi) is 6.17. The zero-order chi connectivity index (χ0) is 16.9. The second-order valence-corrected chi connectivity index (χ2v) is 7.45. The fourth-order valence-corrected chi connectivity index (χ4v) is 3.43. The zero-order valence-electron chi connectivity index (χ0n) is 12.8. The lowest BCUT2D eigenvalue weighted by molar-refractivity contribution is 0.105. The topological polar surface area (TPSA) is 64.6 Å². The molecule has 0 aliphatic carbocycles. The average molecular weight is 400 g/mol. The Morgan fingerprint density at radius 3 is 2.35 bits per heavy atom. The van der Waals surface area contributed by atoms with Crippen molar-refractivity contribution < 1.29 is 17.9 Å². The van der Waals surface area contributed by atoms with Crippen molar-refractivity contribution in [1.29, 1.82) is 0 Å². The highest BCUT2D eigenvalue weighted by atomic mass is 79.9. The Morgan fingerprint density at radius 2 is 1.74 bits per heavy atom. The van der Waals surface area contributed by atoms with Crippen molar-refractivity contribution in [2.75, 3.05) is 20.8 Å². The maximum absolute atomic E-state index is 12.3. The van der Waals surface area contributed by atoms with Crippen LogP contribution >= 0.6 is 15.9 Å². The van der Waals surface area contributed by atoms with Gasteiger partial charge >= 0.3 is 0 Å². The summed E-state index contributed by atoms with van der Waals surface area (Å²) >= 11 is 3.28. The molecule has 0 aliphatic rings. The van der Waals surface area contributed by atoms with E-state index in [9.17, 15) is 8.42 Å². The third kappa shape index (κ3) is 4.54. The van der Waals surface area contributed by atoms with Crippen molar-refractivity contribution in [3.05, 3.63) is 58.6 Å². The van der Waals surface area contributed by atoms with Gasteiger partial charge in [-0.1, -0.05) is 34.1 Å². The molecule has 0 spiro atoms. The number of nitrogens with one attached hydrogen (secondary N) is 1. The number of sulfonamides is 1. The number of methoxy groups -OCH3 is 2. The molecule has 7 heteroatoms. The summed E-state index contributed by atoms with van der Waals surface area (Å²) in [5.41, 5.74) is 0.788. The third-order valence-electron chi connectivity index (χ3n) is 3.35. The lowest BCUT2D eigenvalue weighted by Gasteiger charge is -2.19. The van der Waals surface area contributed by atoms with Gasteiger partial charge in [0.2, 0.25) is 10.0 Å². The van der Waals surface area contributed by atoms with E-state index >= 15 is 0 Å². The Balaban J connectivity index is 2.15. The fourth-order valence-electron chi connectivity index (χ4n) is 2.14. The first-order chi connectivity index (χ1) is 11.0. The molecule has 0 heterocycles. The van der Waals surface area contributed by atoms with Gasteiger partial charge in [-0.25, -0.2) is 13.1 Å². The Bertz CT molecular complexity index is 747. The average Bonchev–Trinajstić information content (AvgIpc) is 2.56. The SMILES string of the molecule is COc1ccccc1C(CNS(=O)(=O)c1ccc(Br)cc1)OC. The maximum Gasteiger partial charge on any atom is 0.240 e. The normalized spacial score (nSPS) is 12.8. The molecular weight excluding hydrogens is 382 g/mol. The number of benzene rings is 2. The number of halogens is 1. The Hall–Kier alpha value is -1.41. The maximum atomic E-state index is 12.3. The summed E-state index contributed by atoms with van der Waals surface area (Å²) < 4.78 is 38.8. The first-order valence-corrected chi connectivity index (χ1v) is 9.16. The largest absolute Gasteiger partial charge is 0.496 e. The molecule has 0 aliphatic heterocycles. The Morgan fingerprint density at radius 1 is 1.09 bits per heavy atom. The zero-order valence-corrected chi connectivity index (χ0v) is 15.2. The molecule has 0 bridgehead atoms. The molecule has 23 heavy (non-hydrogen) atoms. The van der Waals surface area contributed by atoms with Crippen LogP contribution in [0.5, 0.6) is 5.75 Å². The molecule has 2 aromatic carbocycles. The van der Waals surface area contributed by atoms with Crippen LogP contribution in [0.3, 0.4) is 0 Å². The van der Waals surface area contributed by atoms with E-state index in [0.717, 1.165) is 10.0 Å². The molecule has 2 aromatic rings. The van der Waals surface area contributed by atoms with Gasteiger partial charge in [0, 0.05) is 23.7 Å². The van der Waals surface area contributed by atoms with Crippen LogP contribution in [0.15, 0.2) is 57.9 Å². The van der Waals surface area contributed by atoms with Crippen molar-refractivity contribution >= 4 is 26.0 Å². The van der Waals surface area contributed by atoms with Gasteiger partial charge < -0.3 is 9.47 Å². The molecular formula is C16H18BrNO4S. The van der Waals surface area contributed by atoms with Crippen LogP contribution in [-0.4, -0.2) is 29.2 Å². The minimum Gasteiger partial charge on any atom is -0.496 e. The molecule has 0 radical (unpaired) electrons. The molecule has 0 fully saturated rings. The van der Waals surface area contributed by atoms with Crippen molar-refractivity contribution in [2.45, 2.75) is 11.0 Å². The number of ether oxygens (including phenoxy) is 2. The Labute approximate surface area is 144 Å². The van der Waals surface area contributed by atoms with E-state index in [1.165, 1.54) is 19.2 Å². The van der Waals surface area contributed by atoms with Gasteiger partial charge in [0.25, 0.3) is 0 Å². The van der Waals surface area contributed by atoms with Crippen LogP contribution in [0.4, 0.5) is 0 Å². The predicted molar refractivity (Wildman–Crippen MR) is 92.1 cm³/mol. The summed E-state index contributed by atoms with van der Waals surface area (Å²) in [5.74, 6) is 0.655. The van der Waals surface area contributed by atoms with Gasteiger partial charge in [-0.3, -0.25) is 0 Å². The minimum absolute atomic E-state index is 0.106. The third-order valence-corrected chi connectivity index (χ3v) is 5.32. The molecule has 1 atom stereocenters. The number of rotatable bonds is 7. The van der Waals surface area contributed by atoms with Crippen molar-refractivity contribution in [2.24, 2.45) is 0 Å². The van der Waals surface area contributed by atoms with Crippen LogP contribution in [-0.2, 0) is 14.8 Å². The first-order valence-electron chi connectivity index (χ1n) is 6.89. The molecule has 0 saturated heterocycles. The van der Waals surface area contributed by atoms with Gasteiger partial charge in [-0.2, -0.15) is 0 Å². The van der Waals surface area contributed by atoms with Crippen molar-refractivity contribution in [3.8, 4) is 5.75 Å². The van der Waals surface area contributed by atoms with E-state index in [4.69, 9.17) is 9.47 Å². The van der Waals surface area contributed by atoms with Gasteiger partial charge in [-0.05, 0) is 30.3 Å². The van der Waals surface area contributed by atoms with E-state index in [1.54, 1.807) is 19.2 Å². The summed E-state index contributed by atoms with van der Waals surface area (Å²) in [4.78, 5) is 0.204. The van der Waals surface area contributed by atoms with Gasteiger partial charge in [0.05, 0.1) is 18.1 Å². The molecule has 1 unspecified atom stereocenters. The van der Waals surface area contributed by atoms with Crippen LogP contribution in [0.2, 0.25) is 0 Å². The smallest absolute Gasteiger partial charge is 0.240 e. The van der Waals surface area contributed by atoms with E-state index in [0.29, 0.717) is 5.75 Å². The molecule has 0 aromatic heterocycles. The summed E-state index contributed by atoms with van der Waals surface area (Å²) in [6.07, 6.45) is -0.448. The van der Waals surface area contributed by atoms with Crippen LogP contribution in [0.25, 0.3) is 0 Å². The predicted octanol–water partition coefficient (Wildman–Crippen LogP) is 3.12. The highest BCUT2D eigenvalue weighted by Gasteiger charge is 2.20. The second-order valence-electron chi connectivity index (χ2n) is 4.77. The van der Waals surface area contributed by atoms with E-state index in [-0.39, 0.29) is 11.4 Å². The van der Waals surface area contributed by atoms with E-state index < -0.39 is 16.1 Å². The van der Waals surface area contributed by atoms with Crippen LogP contribution < -0.4 is 9.46 Å². The highest BCUT2D eigenvalue weighted by Crippen LogP contribution is 2.26. The monoisotopic (exact) mass is 399 g/mol. The molecule has 5 nitrogen and oxygen atoms in total. The number of hydrogen-bond donors (Lipinski definition) is 1. The van der Waals surface area contributed by atoms with Gasteiger partial charge in [0.15, 0.2) is 0 Å². The van der Waals surface area contributed by atoms with E-state index in [1.807, 2.05) is 24.3 Å². The summed E-state index contributed by atoms with van der Waals surface area (Å²) in [5, 5.41) is 0. The molecule has 1 N–H and O–H groups in total. The summed E-state index contributed by atoms with van der Waals surface area (Å²) in [6, 6.07) is 13.8. The van der Waals surface area contributed by atoms with Gasteiger partial charge in [-0.15, -0.1) is 0 Å². The van der Waals surface area contributed by atoms with Crippen molar-refractivity contribution in [3.63, 3.8) is 0 Å². The summed E-state index contributed by atoms with van der Waals surface area (Å²) in [6.45, 7) is 0.106. The highest BCUT2D eigenvalue weighted by molar-refractivity contribution is 9.10. The lowest BCUT2D eigenvalue weighted by Crippen LogP contribution is -2.29. The number of para-hydroxylation sites is 1. The number of hydrogen-bond acceptors (Lipinski definition) is 4. The minimum atomic E-state index is -3.60. The quantitative estimate of drug-likeness (QED) is 0.776. The van der Waals surface area contributed by atoms with Crippen LogP contribution in [0.1, 0.15) is 11.7 Å². The van der Waals surface area contributed by atoms with Crippen molar-refractivity contribution in [1.82, 2.24) is 4.72 Å². The first kappa shape index (κ1) is 17.9. The molecule has 2 rings (SSSR count). The summed E-state index contributed by atoms with van der Waals surface area (Å²) in [7, 11) is -0.502. The molecule has 0 amide bonds. The standard InChI is InChI=1S/C16H18BrNO4S/c1-21-15-6-4-3-5-14(15)16(22-2)11-18-23(19,20)13-9-7-12(17)8-10-13/h3-10,16,18H,11H2,1-2H3. The second kappa shape index (κ2) is 7.92. The molecule has 124 valence electrons.